The van der Waals surface area contributed by atoms with Crippen LogP contribution in [-0.2, 0) is 27.2 Å². The van der Waals surface area contributed by atoms with Crippen molar-refractivity contribution in [1.29, 1.82) is 0 Å². The van der Waals surface area contributed by atoms with Crippen molar-refractivity contribution in [1.82, 2.24) is 19.7 Å². The van der Waals surface area contributed by atoms with Crippen LogP contribution in [0.3, 0.4) is 0 Å². The minimum atomic E-state index is -4.28. The number of methoxy groups -OCH3 is 1. The fourth-order valence-electron chi connectivity index (χ4n) is 6.47. The molecule has 2 amide bonds. The molecule has 0 bridgehead atoms. The van der Waals surface area contributed by atoms with Crippen LogP contribution < -0.4 is 5.32 Å². The molecule has 2 atom stereocenters. The normalized spacial score (nSPS) is 18.9. The topological polar surface area (TPSA) is 95.1 Å². The lowest BCUT2D eigenvalue weighted by molar-refractivity contribution is -0.150. The standard InChI is InChI=1S/C34H34ClF4N5O4S2/c1-48-31(46)7-6-22-16-40-33(50-22)28-14-21(43-10-8-42(9-11-43)19-34(37,38)39)17-44(28)30(45)13-20-12-25(35)27(15-26(20)36)41-32(47)24-18-49-29-5-3-2-4-23(24)29/h2-5,12,15-16,18,21,28H,6-11,13-14,17,19H2,1H3,(H,41,47)/t21-,28-/m0/s1. The Hall–Kier alpha value is -3.63. The summed E-state index contributed by atoms with van der Waals surface area (Å²) >= 11 is 9.31. The third-order valence-electron chi connectivity index (χ3n) is 9.04. The van der Waals surface area contributed by atoms with E-state index in [9.17, 15) is 27.6 Å². The number of nitrogens with zero attached hydrogens (tertiary/aromatic N) is 4. The van der Waals surface area contributed by atoms with Gasteiger partial charge in [0.2, 0.25) is 5.91 Å². The van der Waals surface area contributed by atoms with Gasteiger partial charge in [-0.05, 0) is 36.6 Å². The van der Waals surface area contributed by atoms with Gasteiger partial charge < -0.3 is 15.0 Å². The van der Waals surface area contributed by atoms with Crippen LogP contribution in [0.2, 0.25) is 5.02 Å². The maximum absolute atomic E-state index is 15.5. The number of carbonyl (C=O) groups is 3. The Kier molecular flexibility index (Phi) is 11.1. The molecule has 2 aliphatic rings. The summed E-state index contributed by atoms with van der Waals surface area (Å²) in [5.74, 6) is -1.86. The van der Waals surface area contributed by atoms with E-state index in [1.807, 2.05) is 24.3 Å². The van der Waals surface area contributed by atoms with Crippen molar-refractivity contribution in [2.45, 2.75) is 43.9 Å². The molecule has 2 aromatic carbocycles. The van der Waals surface area contributed by atoms with Gasteiger partial charge in [0.25, 0.3) is 5.91 Å². The number of ether oxygens (including phenoxy) is 1. The molecular formula is C34H34ClF4N5O4S2. The van der Waals surface area contributed by atoms with Crippen molar-refractivity contribution in [3.05, 3.63) is 79.8 Å². The van der Waals surface area contributed by atoms with Gasteiger partial charge in [-0.15, -0.1) is 22.7 Å². The molecule has 0 unspecified atom stereocenters. The summed E-state index contributed by atoms with van der Waals surface area (Å²) in [6.45, 7) is 0.649. The number of piperazine rings is 1. The first kappa shape index (κ1) is 36.2. The first-order valence-electron chi connectivity index (χ1n) is 16.0. The summed E-state index contributed by atoms with van der Waals surface area (Å²) in [4.78, 5) is 49.2. The molecule has 0 spiro atoms. The number of fused-ring (bicyclic) bond motifs is 1. The summed E-state index contributed by atoms with van der Waals surface area (Å²) in [6.07, 6.45) is -1.82. The highest BCUT2D eigenvalue weighted by molar-refractivity contribution is 7.17. The number of benzene rings is 2. The zero-order valence-corrected chi connectivity index (χ0v) is 29.4. The maximum Gasteiger partial charge on any atom is 0.401 e. The summed E-state index contributed by atoms with van der Waals surface area (Å²) in [6, 6.07) is 9.30. The number of rotatable bonds is 10. The Morgan fingerprint density at radius 3 is 2.62 bits per heavy atom. The summed E-state index contributed by atoms with van der Waals surface area (Å²) < 4.78 is 60.1. The summed E-state index contributed by atoms with van der Waals surface area (Å²) in [7, 11) is 1.32. The van der Waals surface area contributed by atoms with Crippen molar-refractivity contribution in [3.63, 3.8) is 0 Å². The lowest BCUT2D eigenvalue weighted by Gasteiger charge is -2.38. The first-order valence-corrected chi connectivity index (χ1v) is 18.1. The van der Waals surface area contributed by atoms with Gasteiger partial charge in [-0.25, -0.2) is 9.37 Å². The molecule has 6 rings (SSSR count). The van der Waals surface area contributed by atoms with E-state index in [0.29, 0.717) is 36.5 Å². The van der Waals surface area contributed by atoms with Gasteiger partial charge in [0, 0.05) is 65.3 Å². The minimum absolute atomic E-state index is 0.0554. The zero-order valence-electron chi connectivity index (χ0n) is 27.0. The van der Waals surface area contributed by atoms with Crippen LogP contribution in [0.5, 0.6) is 0 Å². The fraction of sp³-hybridized carbons (Fsp3) is 0.412. The monoisotopic (exact) mass is 751 g/mol. The number of esters is 1. The molecule has 2 saturated heterocycles. The van der Waals surface area contributed by atoms with Crippen LogP contribution in [0.1, 0.15) is 44.7 Å². The highest BCUT2D eigenvalue weighted by atomic mass is 35.5. The van der Waals surface area contributed by atoms with E-state index < -0.39 is 30.5 Å². The van der Waals surface area contributed by atoms with Crippen LogP contribution in [0, 0.1) is 5.82 Å². The Morgan fingerprint density at radius 2 is 1.88 bits per heavy atom. The molecular weight excluding hydrogens is 718 g/mol. The Morgan fingerprint density at radius 1 is 1.12 bits per heavy atom. The smallest absolute Gasteiger partial charge is 0.401 e. The number of halogens is 5. The number of nitrogens with one attached hydrogen (secondary N) is 1. The molecule has 0 radical (unpaired) electrons. The average Bonchev–Trinajstić information content (AvgIpc) is 3.84. The number of hydrogen-bond donors (Lipinski definition) is 1. The summed E-state index contributed by atoms with van der Waals surface area (Å²) in [5, 5.41) is 5.91. The van der Waals surface area contributed by atoms with Crippen molar-refractivity contribution in [2.75, 3.05) is 51.7 Å². The van der Waals surface area contributed by atoms with Gasteiger partial charge in [-0.1, -0.05) is 29.8 Å². The third kappa shape index (κ3) is 8.45. The Labute approximate surface area is 298 Å². The molecule has 2 fully saturated rings. The molecule has 16 heteroatoms. The number of thiazole rings is 1. The maximum atomic E-state index is 15.5. The second-order valence-electron chi connectivity index (χ2n) is 12.3. The second kappa shape index (κ2) is 15.3. The third-order valence-corrected chi connectivity index (χ3v) is 11.5. The quantitative estimate of drug-likeness (QED) is 0.145. The molecule has 266 valence electrons. The van der Waals surface area contributed by atoms with Crippen LogP contribution in [-0.4, -0.2) is 96.1 Å². The van der Waals surface area contributed by atoms with Gasteiger partial charge in [0.1, 0.15) is 10.8 Å². The molecule has 2 aromatic heterocycles. The molecule has 9 nitrogen and oxygen atoms in total. The van der Waals surface area contributed by atoms with Crippen molar-refractivity contribution >= 4 is 67.8 Å². The molecule has 4 heterocycles. The van der Waals surface area contributed by atoms with Crippen LogP contribution >= 0.6 is 34.3 Å². The van der Waals surface area contributed by atoms with Crippen LogP contribution in [0.15, 0.2) is 48.0 Å². The van der Waals surface area contributed by atoms with Gasteiger partial charge in [-0.2, -0.15) is 13.2 Å². The number of aromatic nitrogens is 1. The van der Waals surface area contributed by atoms with E-state index in [4.69, 9.17) is 16.3 Å². The molecule has 4 aromatic rings. The lowest BCUT2D eigenvalue weighted by Crippen LogP contribution is -2.52. The molecule has 50 heavy (non-hydrogen) atoms. The molecule has 1 N–H and O–H groups in total. The number of anilines is 1. The molecule has 2 aliphatic heterocycles. The van der Waals surface area contributed by atoms with E-state index in [1.165, 1.54) is 40.7 Å². The van der Waals surface area contributed by atoms with Crippen molar-refractivity contribution in [2.24, 2.45) is 0 Å². The van der Waals surface area contributed by atoms with Gasteiger partial charge in [0.05, 0.1) is 48.8 Å². The summed E-state index contributed by atoms with van der Waals surface area (Å²) in [5.41, 5.74) is 0.569. The predicted molar refractivity (Wildman–Crippen MR) is 184 cm³/mol. The number of likely N-dealkylation sites (tertiary alicyclic amines) is 1. The number of carbonyl (C=O) groups excluding carboxylic acids is 3. The lowest BCUT2D eigenvalue weighted by atomic mass is 10.1. The van der Waals surface area contributed by atoms with Gasteiger partial charge >= 0.3 is 12.1 Å². The van der Waals surface area contributed by atoms with Crippen molar-refractivity contribution < 1.29 is 36.7 Å². The second-order valence-corrected chi connectivity index (χ2v) is 14.8. The first-order chi connectivity index (χ1) is 23.9. The number of aryl methyl sites for hydroxylation is 1. The van der Waals surface area contributed by atoms with Crippen molar-refractivity contribution in [3.8, 4) is 0 Å². The Balaban J connectivity index is 1.17. The predicted octanol–water partition coefficient (Wildman–Crippen LogP) is 6.57. The fourth-order valence-corrected chi connectivity index (χ4v) is 8.69. The zero-order chi connectivity index (χ0) is 35.6. The highest BCUT2D eigenvalue weighted by Gasteiger charge is 2.42. The number of amides is 2. The van der Waals surface area contributed by atoms with E-state index in [-0.39, 0.29) is 66.7 Å². The van der Waals surface area contributed by atoms with Crippen LogP contribution in [0.4, 0.5) is 23.2 Å². The van der Waals surface area contributed by atoms with E-state index in [2.05, 4.69) is 15.2 Å². The number of thiophene rings is 1. The average molecular weight is 752 g/mol. The minimum Gasteiger partial charge on any atom is -0.469 e. The highest BCUT2D eigenvalue weighted by Crippen LogP contribution is 2.38. The molecule has 0 saturated carbocycles. The number of alkyl halides is 3. The Bertz CT molecular complexity index is 1880. The molecule has 0 aliphatic carbocycles. The SMILES string of the molecule is COC(=O)CCc1cnc([C@@H]2C[C@H](N3CCN(CC(F)(F)F)CC3)CN2C(=O)Cc2cc(Cl)c(NC(=O)c3csc4ccccc34)cc2F)s1. The van der Waals surface area contributed by atoms with Crippen LogP contribution in [0.25, 0.3) is 10.1 Å². The van der Waals surface area contributed by atoms with E-state index in [1.54, 1.807) is 16.5 Å². The van der Waals surface area contributed by atoms with E-state index >= 15 is 4.39 Å². The van der Waals surface area contributed by atoms with Gasteiger partial charge in [0.15, 0.2) is 0 Å². The van der Waals surface area contributed by atoms with E-state index in [0.717, 1.165) is 21.0 Å². The number of hydrogen-bond acceptors (Lipinski definition) is 9. The van der Waals surface area contributed by atoms with Gasteiger partial charge in [-0.3, -0.25) is 24.2 Å². The largest absolute Gasteiger partial charge is 0.469 e.